The van der Waals surface area contributed by atoms with Crippen LogP contribution in [0.3, 0.4) is 0 Å². The van der Waals surface area contributed by atoms with Gasteiger partial charge in [0.1, 0.15) is 17.3 Å². The second kappa shape index (κ2) is 8.06. The van der Waals surface area contributed by atoms with E-state index >= 15 is 0 Å². The summed E-state index contributed by atoms with van der Waals surface area (Å²) in [6, 6.07) is 23.3. The molecule has 0 aliphatic heterocycles. The van der Waals surface area contributed by atoms with Gasteiger partial charge in [0, 0.05) is 24.7 Å². The van der Waals surface area contributed by atoms with Crippen molar-refractivity contribution in [3.05, 3.63) is 106 Å². The van der Waals surface area contributed by atoms with Crippen molar-refractivity contribution in [1.29, 1.82) is 0 Å². The van der Waals surface area contributed by atoms with Gasteiger partial charge in [-0.3, -0.25) is 4.79 Å². The second-order valence-corrected chi connectivity index (χ2v) is 6.52. The van der Waals surface area contributed by atoms with E-state index in [4.69, 9.17) is 4.74 Å². The summed E-state index contributed by atoms with van der Waals surface area (Å²) in [6.07, 6.45) is 0. The zero-order valence-electron chi connectivity index (χ0n) is 15.1. The van der Waals surface area contributed by atoms with Crippen LogP contribution in [0, 0.1) is 5.82 Å². The molecule has 28 heavy (non-hydrogen) atoms. The van der Waals surface area contributed by atoms with Crippen molar-refractivity contribution in [2.45, 2.75) is 13.1 Å². The Hall–Kier alpha value is -3.44. The van der Waals surface area contributed by atoms with Gasteiger partial charge in [0.25, 0.3) is 5.56 Å². The van der Waals surface area contributed by atoms with Crippen LogP contribution >= 0.6 is 0 Å². The third kappa shape index (κ3) is 4.27. The molecule has 5 heteroatoms. The molecule has 4 rings (SSSR count). The first-order valence-corrected chi connectivity index (χ1v) is 9.01. The Kier molecular flexibility index (Phi) is 5.17. The van der Waals surface area contributed by atoms with E-state index in [1.54, 1.807) is 12.1 Å². The van der Waals surface area contributed by atoms with Crippen LogP contribution < -0.4 is 15.6 Å². The number of pyridine rings is 1. The molecule has 0 unspecified atom stereocenters. The van der Waals surface area contributed by atoms with Crippen LogP contribution in [-0.2, 0) is 13.1 Å². The Morgan fingerprint density at radius 2 is 1.64 bits per heavy atom. The fraction of sp³-hybridized carbons (Fsp3) is 0.0870. The molecule has 0 saturated heterocycles. The van der Waals surface area contributed by atoms with Crippen molar-refractivity contribution in [3.8, 4) is 11.5 Å². The van der Waals surface area contributed by atoms with E-state index < -0.39 is 0 Å². The predicted molar refractivity (Wildman–Crippen MR) is 108 cm³/mol. The second-order valence-electron chi connectivity index (χ2n) is 6.52. The van der Waals surface area contributed by atoms with Crippen molar-refractivity contribution in [1.82, 2.24) is 10.3 Å². The summed E-state index contributed by atoms with van der Waals surface area (Å²) in [7, 11) is 0. The normalized spacial score (nSPS) is 10.9. The highest BCUT2D eigenvalue weighted by atomic mass is 19.1. The van der Waals surface area contributed by atoms with Crippen LogP contribution in [-0.4, -0.2) is 4.98 Å². The van der Waals surface area contributed by atoms with Crippen molar-refractivity contribution in [2.75, 3.05) is 0 Å². The number of H-pyrrole nitrogens is 1. The van der Waals surface area contributed by atoms with E-state index in [1.165, 1.54) is 12.1 Å². The molecular formula is C23H19FN2O2. The summed E-state index contributed by atoms with van der Waals surface area (Å²) in [5, 5.41) is 4.15. The third-order valence-corrected chi connectivity index (χ3v) is 4.43. The lowest BCUT2D eigenvalue weighted by atomic mass is 10.1. The highest BCUT2D eigenvalue weighted by molar-refractivity contribution is 5.80. The lowest BCUT2D eigenvalue weighted by Crippen LogP contribution is -2.20. The molecule has 0 saturated carbocycles. The Morgan fingerprint density at radius 1 is 0.857 bits per heavy atom. The van der Waals surface area contributed by atoms with Crippen LogP contribution in [0.5, 0.6) is 11.5 Å². The maximum Gasteiger partial charge on any atom is 0.252 e. The number of rotatable bonds is 6. The van der Waals surface area contributed by atoms with Gasteiger partial charge in [-0.15, -0.1) is 0 Å². The first-order valence-electron chi connectivity index (χ1n) is 9.01. The van der Waals surface area contributed by atoms with Crippen LogP contribution in [0.2, 0.25) is 0 Å². The molecule has 4 aromatic rings. The largest absolute Gasteiger partial charge is 0.457 e. The number of nitrogens with one attached hydrogen (secondary N) is 2. The van der Waals surface area contributed by atoms with E-state index in [1.807, 2.05) is 54.6 Å². The molecule has 0 fully saturated rings. The molecular weight excluding hydrogens is 355 g/mol. The average molecular weight is 374 g/mol. The molecule has 0 spiro atoms. The SMILES string of the molecule is O=c1[nH]c2cc(Oc3ccccc3)ccc2cc1CNCc1ccc(F)cc1. The van der Waals surface area contributed by atoms with Crippen molar-refractivity contribution in [2.24, 2.45) is 0 Å². The van der Waals surface area contributed by atoms with Gasteiger partial charge in [0.05, 0.1) is 5.52 Å². The number of aromatic amines is 1. The monoisotopic (exact) mass is 374 g/mol. The molecule has 1 heterocycles. The Labute approximate surface area is 161 Å². The van der Waals surface area contributed by atoms with Crippen LogP contribution in [0.15, 0.2) is 83.7 Å². The van der Waals surface area contributed by atoms with Gasteiger partial charge in [0.15, 0.2) is 0 Å². The fourth-order valence-corrected chi connectivity index (χ4v) is 2.99. The highest BCUT2D eigenvalue weighted by Crippen LogP contribution is 2.24. The molecule has 0 atom stereocenters. The Balaban J connectivity index is 1.47. The van der Waals surface area contributed by atoms with Crippen LogP contribution in [0.1, 0.15) is 11.1 Å². The zero-order valence-corrected chi connectivity index (χ0v) is 15.1. The fourth-order valence-electron chi connectivity index (χ4n) is 2.99. The number of benzene rings is 3. The Morgan fingerprint density at radius 3 is 2.43 bits per heavy atom. The quantitative estimate of drug-likeness (QED) is 0.512. The summed E-state index contributed by atoms with van der Waals surface area (Å²) in [6.45, 7) is 0.979. The minimum atomic E-state index is -0.259. The minimum Gasteiger partial charge on any atom is -0.457 e. The van der Waals surface area contributed by atoms with Crippen molar-refractivity contribution in [3.63, 3.8) is 0 Å². The summed E-state index contributed by atoms with van der Waals surface area (Å²) < 4.78 is 18.8. The summed E-state index contributed by atoms with van der Waals surface area (Å²) in [5.41, 5.74) is 2.18. The maximum atomic E-state index is 13.0. The topological polar surface area (TPSA) is 54.1 Å². The number of aromatic nitrogens is 1. The van der Waals surface area contributed by atoms with Gasteiger partial charge in [-0.05, 0) is 53.4 Å². The smallest absolute Gasteiger partial charge is 0.252 e. The van der Waals surface area contributed by atoms with Gasteiger partial charge < -0.3 is 15.0 Å². The van der Waals surface area contributed by atoms with Crippen molar-refractivity contribution >= 4 is 10.9 Å². The number of hydrogen-bond donors (Lipinski definition) is 2. The summed E-state index contributed by atoms with van der Waals surface area (Å²) in [4.78, 5) is 15.3. The Bertz CT molecular complexity index is 1140. The maximum absolute atomic E-state index is 13.0. The standard InChI is InChI=1S/C23H19FN2O2/c24-19-9-6-16(7-10-19)14-25-15-18-12-17-8-11-21(13-22(17)26-23(18)27)28-20-4-2-1-3-5-20/h1-13,25H,14-15H2,(H,26,27). The minimum absolute atomic E-state index is 0.143. The van der Waals surface area contributed by atoms with Crippen LogP contribution in [0.4, 0.5) is 4.39 Å². The number of fused-ring (bicyclic) bond motifs is 1. The molecule has 1 aromatic heterocycles. The molecule has 3 aromatic carbocycles. The zero-order chi connectivity index (χ0) is 19.3. The van der Waals surface area contributed by atoms with Gasteiger partial charge in [-0.2, -0.15) is 0 Å². The van der Waals surface area contributed by atoms with Gasteiger partial charge >= 0.3 is 0 Å². The number of hydrogen-bond acceptors (Lipinski definition) is 3. The van der Waals surface area contributed by atoms with E-state index in [0.717, 1.165) is 22.2 Å². The van der Waals surface area contributed by atoms with Gasteiger partial charge in [-0.1, -0.05) is 30.3 Å². The number of ether oxygens (including phenoxy) is 1. The lowest BCUT2D eigenvalue weighted by Gasteiger charge is -2.09. The first kappa shape index (κ1) is 17.9. The average Bonchev–Trinajstić information content (AvgIpc) is 2.71. The molecule has 0 aliphatic carbocycles. The molecule has 4 nitrogen and oxygen atoms in total. The number of para-hydroxylation sites is 1. The molecule has 0 aliphatic rings. The predicted octanol–water partition coefficient (Wildman–Crippen LogP) is 4.75. The van der Waals surface area contributed by atoms with Crippen molar-refractivity contribution < 1.29 is 9.13 Å². The molecule has 0 bridgehead atoms. The highest BCUT2D eigenvalue weighted by Gasteiger charge is 2.05. The molecule has 0 radical (unpaired) electrons. The third-order valence-electron chi connectivity index (χ3n) is 4.43. The summed E-state index contributed by atoms with van der Waals surface area (Å²) >= 11 is 0. The summed E-state index contributed by atoms with van der Waals surface area (Å²) in [5.74, 6) is 1.15. The van der Waals surface area contributed by atoms with Gasteiger partial charge in [0.2, 0.25) is 0 Å². The van der Waals surface area contributed by atoms with E-state index in [-0.39, 0.29) is 11.4 Å². The number of halogens is 1. The molecule has 0 amide bonds. The lowest BCUT2D eigenvalue weighted by molar-refractivity contribution is 0.483. The van der Waals surface area contributed by atoms with Gasteiger partial charge in [-0.25, -0.2) is 4.39 Å². The molecule has 2 N–H and O–H groups in total. The first-order chi connectivity index (χ1) is 13.7. The molecule has 140 valence electrons. The van der Waals surface area contributed by atoms with E-state index in [0.29, 0.717) is 24.4 Å². The van der Waals surface area contributed by atoms with Crippen LogP contribution in [0.25, 0.3) is 10.9 Å². The van der Waals surface area contributed by atoms with E-state index in [9.17, 15) is 9.18 Å². The van der Waals surface area contributed by atoms with E-state index in [2.05, 4.69) is 10.3 Å².